The third-order valence-corrected chi connectivity index (χ3v) is 6.63. The van der Waals surface area contributed by atoms with Crippen LogP contribution in [0.1, 0.15) is 81.0 Å². The zero-order valence-electron chi connectivity index (χ0n) is 15.6. The van der Waals surface area contributed by atoms with Crippen molar-refractivity contribution >= 4 is 0 Å². The molecule has 1 aliphatic heterocycles. The third kappa shape index (κ3) is 3.44. The number of aromatic nitrogens is 2. The smallest absolute Gasteiger partial charge is 0.257 e. The van der Waals surface area contributed by atoms with Crippen LogP contribution in [0, 0.1) is 0 Å². The monoisotopic (exact) mass is 351 g/mol. The van der Waals surface area contributed by atoms with Crippen LogP contribution in [-0.2, 0) is 0 Å². The van der Waals surface area contributed by atoms with E-state index in [0.29, 0.717) is 11.8 Å². The summed E-state index contributed by atoms with van der Waals surface area (Å²) < 4.78 is 5.60. The standard InChI is InChI=1S/C22H29N3O/c1-2-4-16(5-3-1)17-6-8-19(9-7-17)22-23-21(24-26-22)18-12-14-25(15-13-18)20-10-11-20/h6-9,16,18,20H,1-5,10-15H2. The van der Waals surface area contributed by atoms with Crippen LogP contribution < -0.4 is 0 Å². The molecule has 0 amide bonds. The Hall–Kier alpha value is -1.68. The van der Waals surface area contributed by atoms with Crippen LogP contribution >= 0.6 is 0 Å². The summed E-state index contributed by atoms with van der Waals surface area (Å²) in [5, 5.41) is 4.31. The van der Waals surface area contributed by atoms with Gasteiger partial charge in [-0.05, 0) is 75.2 Å². The summed E-state index contributed by atoms with van der Waals surface area (Å²) in [7, 11) is 0. The highest BCUT2D eigenvalue weighted by molar-refractivity contribution is 5.53. The van der Waals surface area contributed by atoms with E-state index in [1.807, 2.05) is 0 Å². The fourth-order valence-electron chi connectivity index (χ4n) is 4.81. The molecule has 138 valence electrons. The SMILES string of the molecule is c1cc(C2CCCCC2)ccc1-c1nc(C2CCN(C3CC3)CC2)no1. The lowest BCUT2D eigenvalue weighted by Crippen LogP contribution is -2.34. The molecular formula is C22H29N3O. The average molecular weight is 351 g/mol. The Morgan fingerprint density at radius 3 is 2.23 bits per heavy atom. The first-order valence-corrected chi connectivity index (χ1v) is 10.5. The van der Waals surface area contributed by atoms with Gasteiger partial charge >= 0.3 is 0 Å². The molecule has 0 radical (unpaired) electrons. The normalized spacial score (nSPS) is 23.4. The highest BCUT2D eigenvalue weighted by atomic mass is 16.5. The van der Waals surface area contributed by atoms with Gasteiger partial charge in [0.2, 0.25) is 0 Å². The number of hydrogen-bond donors (Lipinski definition) is 0. The minimum Gasteiger partial charge on any atom is -0.334 e. The number of piperidine rings is 1. The lowest BCUT2D eigenvalue weighted by Gasteiger charge is -2.30. The molecule has 0 spiro atoms. The first-order valence-electron chi connectivity index (χ1n) is 10.5. The van der Waals surface area contributed by atoms with Gasteiger partial charge in [0.1, 0.15) is 0 Å². The van der Waals surface area contributed by atoms with Crippen LogP contribution in [0.2, 0.25) is 0 Å². The van der Waals surface area contributed by atoms with E-state index in [4.69, 9.17) is 9.51 Å². The first-order chi connectivity index (χ1) is 12.9. The minimum absolute atomic E-state index is 0.462. The van der Waals surface area contributed by atoms with E-state index in [1.54, 1.807) is 0 Å². The maximum atomic E-state index is 5.60. The summed E-state index contributed by atoms with van der Waals surface area (Å²) in [6.45, 7) is 2.38. The van der Waals surface area contributed by atoms with Crippen molar-refractivity contribution in [3.63, 3.8) is 0 Å². The van der Waals surface area contributed by atoms with Crippen molar-refractivity contribution in [3.05, 3.63) is 35.7 Å². The summed E-state index contributed by atoms with van der Waals surface area (Å²) in [6, 6.07) is 9.74. The molecule has 26 heavy (non-hydrogen) atoms. The predicted octanol–water partition coefficient (Wildman–Crippen LogP) is 5.13. The van der Waals surface area contributed by atoms with E-state index in [1.165, 1.54) is 63.6 Å². The summed E-state index contributed by atoms with van der Waals surface area (Å²) in [5.41, 5.74) is 2.53. The molecule has 1 aromatic heterocycles. The van der Waals surface area contributed by atoms with Crippen molar-refractivity contribution < 1.29 is 4.52 Å². The van der Waals surface area contributed by atoms with Crippen molar-refractivity contribution in [2.45, 2.75) is 75.7 Å². The molecule has 0 atom stereocenters. The minimum atomic E-state index is 0.462. The number of hydrogen-bond acceptors (Lipinski definition) is 4. The van der Waals surface area contributed by atoms with Gasteiger partial charge in [0, 0.05) is 17.5 Å². The fourth-order valence-corrected chi connectivity index (χ4v) is 4.81. The first kappa shape index (κ1) is 16.5. The summed E-state index contributed by atoms with van der Waals surface area (Å²) >= 11 is 0. The van der Waals surface area contributed by atoms with Gasteiger partial charge in [0.15, 0.2) is 5.82 Å². The molecule has 2 aromatic rings. The second-order valence-corrected chi connectivity index (χ2v) is 8.46. The van der Waals surface area contributed by atoms with Gasteiger partial charge in [-0.25, -0.2) is 0 Å². The van der Waals surface area contributed by atoms with Crippen LogP contribution in [0.5, 0.6) is 0 Å². The Morgan fingerprint density at radius 2 is 1.54 bits per heavy atom. The summed E-state index contributed by atoms with van der Waals surface area (Å²) in [4.78, 5) is 7.38. The molecule has 0 unspecified atom stereocenters. The molecule has 3 aliphatic rings. The fraction of sp³-hybridized carbons (Fsp3) is 0.636. The van der Waals surface area contributed by atoms with Gasteiger partial charge in [-0.3, -0.25) is 0 Å². The quantitative estimate of drug-likeness (QED) is 0.766. The Labute approximate surface area is 156 Å². The third-order valence-electron chi connectivity index (χ3n) is 6.63. The van der Waals surface area contributed by atoms with E-state index >= 15 is 0 Å². The van der Waals surface area contributed by atoms with Gasteiger partial charge in [0.05, 0.1) is 0 Å². The Morgan fingerprint density at radius 1 is 0.808 bits per heavy atom. The lowest BCUT2D eigenvalue weighted by molar-refractivity contribution is 0.199. The van der Waals surface area contributed by atoms with Crippen LogP contribution in [0.3, 0.4) is 0 Å². The van der Waals surface area contributed by atoms with Gasteiger partial charge in [-0.1, -0.05) is 36.6 Å². The van der Waals surface area contributed by atoms with Gasteiger partial charge < -0.3 is 9.42 Å². The second kappa shape index (κ2) is 7.15. The number of benzene rings is 1. The van der Waals surface area contributed by atoms with E-state index in [-0.39, 0.29) is 0 Å². The lowest BCUT2D eigenvalue weighted by atomic mass is 9.84. The largest absolute Gasteiger partial charge is 0.334 e. The van der Waals surface area contributed by atoms with Gasteiger partial charge in [-0.15, -0.1) is 0 Å². The summed E-state index contributed by atoms with van der Waals surface area (Å²) in [6.07, 6.45) is 11.9. The molecule has 2 aliphatic carbocycles. The summed E-state index contributed by atoms with van der Waals surface area (Å²) in [5.74, 6) is 2.79. The molecule has 4 heteroatoms. The molecule has 2 saturated carbocycles. The molecule has 0 bridgehead atoms. The molecule has 1 saturated heterocycles. The zero-order valence-corrected chi connectivity index (χ0v) is 15.6. The topological polar surface area (TPSA) is 42.2 Å². The Bertz CT molecular complexity index is 720. The maximum absolute atomic E-state index is 5.60. The highest BCUT2D eigenvalue weighted by Crippen LogP contribution is 2.35. The predicted molar refractivity (Wildman–Crippen MR) is 102 cm³/mol. The van der Waals surface area contributed by atoms with E-state index < -0.39 is 0 Å². The van der Waals surface area contributed by atoms with Crippen LogP contribution in [0.15, 0.2) is 28.8 Å². The molecule has 2 heterocycles. The average Bonchev–Trinajstić information content (AvgIpc) is 3.45. The van der Waals surface area contributed by atoms with Crippen molar-refractivity contribution in [2.75, 3.05) is 13.1 Å². The van der Waals surface area contributed by atoms with Crippen molar-refractivity contribution in [3.8, 4) is 11.5 Å². The van der Waals surface area contributed by atoms with Gasteiger partial charge in [0.25, 0.3) is 5.89 Å². The van der Waals surface area contributed by atoms with Crippen LogP contribution in [0.25, 0.3) is 11.5 Å². The number of nitrogens with zero attached hydrogens (tertiary/aromatic N) is 3. The van der Waals surface area contributed by atoms with Crippen molar-refractivity contribution in [1.82, 2.24) is 15.0 Å². The van der Waals surface area contributed by atoms with Crippen molar-refractivity contribution in [1.29, 1.82) is 0 Å². The number of likely N-dealkylation sites (tertiary alicyclic amines) is 1. The zero-order chi connectivity index (χ0) is 17.3. The van der Waals surface area contributed by atoms with Crippen LogP contribution in [-0.4, -0.2) is 34.2 Å². The molecule has 5 rings (SSSR count). The van der Waals surface area contributed by atoms with Crippen LogP contribution in [0.4, 0.5) is 0 Å². The Kier molecular flexibility index (Phi) is 4.53. The molecule has 0 N–H and O–H groups in total. The molecule has 3 fully saturated rings. The molecule has 4 nitrogen and oxygen atoms in total. The second-order valence-electron chi connectivity index (χ2n) is 8.46. The molecule has 1 aromatic carbocycles. The van der Waals surface area contributed by atoms with Crippen molar-refractivity contribution in [2.24, 2.45) is 0 Å². The molecular weight excluding hydrogens is 322 g/mol. The number of rotatable bonds is 4. The van der Waals surface area contributed by atoms with E-state index in [9.17, 15) is 0 Å². The maximum Gasteiger partial charge on any atom is 0.257 e. The van der Waals surface area contributed by atoms with Gasteiger partial charge in [-0.2, -0.15) is 4.98 Å². The van der Waals surface area contributed by atoms with E-state index in [2.05, 4.69) is 34.3 Å². The highest BCUT2D eigenvalue weighted by Gasteiger charge is 2.33. The Balaban J connectivity index is 1.24. The van der Waals surface area contributed by atoms with E-state index in [0.717, 1.165) is 36.2 Å².